The molecular formula is C12H13BrN2OS. The second-order valence-electron chi connectivity index (χ2n) is 3.63. The second-order valence-corrected chi connectivity index (χ2v) is 5.88. The Kier molecular flexibility index (Phi) is 4.15. The Hall–Kier alpha value is -0.910. The summed E-state index contributed by atoms with van der Waals surface area (Å²) < 4.78 is 6.60. The molecule has 0 atom stereocenters. The maximum atomic E-state index is 5.68. The first kappa shape index (κ1) is 12.5. The molecule has 0 aliphatic carbocycles. The Morgan fingerprint density at radius 2 is 2.24 bits per heavy atom. The molecule has 2 rings (SSSR count). The predicted molar refractivity (Wildman–Crippen MR) is 73.2 cm³/mol. The molecule has 0 saturated heterocycles. The fraction of sp³-hybridized carbons (Fsp3) is 0.250. The fourth-order valence-electron chi connectivity index (χ4n) is 1.46. The molecule has 0 aliphatic heterocycles. The molecule has 3 nitrogen and oxygen atoms in total. The highest BCUT2D eigenvalue weighted by Crippen LogP contribution is 2.23. The lowest BCUT2D eigenvalue weighted by Gasteiger charge is -2.05. The molecule has 0 saturated carbocycles. The van der Waals surface area contributed by atoms with Gasteiger partial charge in [-0.05, 0) is 35.0 Å². The molecule has 2 aromatic heterocycles. The molecular weight excluding hydrogens is 300 g/mol. The summed E-state index contributed by atoms with van der Waals surface area (Å²) in [6.45, 7) is 3.23. The largest absolute Gasteiger partial charge is 0.487 e. The second kappa shape index (κ2) is 5.62. The summed E-state index contributed by atoms with van der Waals surface area (Å²) in [5.41, 5.74) is 6.80. The molecule has 0 bridgehead atoms. The smallest absolute Gasteiger partial charge is 0.139 e. The summed E-state index contributed by atoms with van der Waals surface area (Å²) in [5, 5.41) is 0. The zero-order valence-corrected chi connectivity index (χ0v) is 11.8. The zero-order valence-electron chi connectivity index (χ0n) is 9.44. The van der Waals surface area contributed by atoms with Crippen molar-refractivity contribution in [1.29, 1.82) is 0 Å². The number of aromatic nitrogens is 1. The number of rotatable bonds is 4. The third-order valence-electron chi connectivity index (χ3n) is 2.35. The number of halogens is 1. The van der Waals surface area contributed by atoms with E-state index in [2.05, 4.69) is 33.9 Å². The molecule has 5 heteroatoms. The van der Waals surface area contributed by atoms with Gasteiger partial charge in [-0.2, -0.15) is 0 Å². The Balaban J connectivity index is 2.04. The van der Waals surface area contributed by atoms with Crippen LogP contribution in [-0.2, 0) is 13.2 Å². The molecule has 0 aliphatic rings. The first-order valence-electron chi connectivity index (χ1n) is 5.20. The molecule has 0 amide bonds. The summed E-state index contributed by atoms with van der Waals surface area (Å²) in [6, 6.07) is 4.00. The molecule has 2 heterocycles. The van der Waals surface area contributed by atoms with E-state index in [1.54, 1.807) is 23.7 Å². The lowest BCUT2D eigenvalue weighted by Crippen LogP contribution is -1.96. The third kappa shape index (κ3) is 3.28. The molecule has 0 spiro atoms. The Labute approximate surface area is 113 Å². The van der Waals surface area contributed by atoms with Crippen molar-refractivity contribution in [1.82, 2.24) is 4.98 Å². The zero-order chi connectivity index (χ0) is 12.3. The van der Waals surface area contributed by atoms with E-state index in [0.717, 1.165) is 10.2 Å². The van der Waals surface area contributed by atoms with Gasteiger partial charge in [0, 0.05) is 32.5 Å². The number of hydrogen-bond acceptors (Lipinski definition) is 4. The number of nitrogens with two attached hydrogens (primary N) is 1. The highest BCUT2D eigenvalue weighted by Gasteiger charge is 2.05. The van der Waals surface area contributed by atoms with Crippen LogP contribution in [0, 0.1) is 6.92 Å². The summed E-state index contributed by atoms with van der Waals surface area (Å²) in [5.74, 6) is 0.763. The third-order valence-corrected chi connectivity index (χ3v) is 3.90. The highest BCUT2D eigenvalue weighted by atomic mass is 79.9. The average molecular weight is 313 g/mol. The Bertz CT molecular complexity index is 513. The van der Waals surface area contributed by atoms with Crippen molar-refractivity contribution in [2.24, 2.45) is 5.73 Å². The molecule has 2 aromatic rings. The minimum absolute atomic E-state index is 0.556. The first-order chi connectivity index (χ1) is 8.19. The van der Waals surface area contributed by atoms with Gasteiger partial charge < -0.3 is 10.5 Å². The minimum atomic E-state index is 0.556. The topological polar surface area (TPSA) is 48.1 Å². The summed E-state index contributed by atoms with van der Waals surface area (Å²) >= 11 is 5.08. The lowest BCUT2D eigenvalue weighted by molar-refractivity contribution is 0.304. The van der Waals surface area contributed by atoms with Crippen LogP contribution in [0.4, 0.5) is 0 Å². The van der Waals surface area contributed by atoms with Crippen LogP contribution in [-0.4, -0.2) is 4.98 Å². The number of ether oxygens (including phenoxy) is 1. The molecule has 0 aromatic carbocycles. The van der Waals surface area contributed by atoms with Crippen molar-refractivity contribution in [2.45, 2.75) is 20.1 Å². The minimum Gasteiger partial charge on any atom is -0.487 e. The highest BCUT2D eigenvalue weighted by molar-refractivity contribution is 9.10. The number of nitrogens with zero attached hydrogens (tertiary/aromatic N) is 1. The quantitative estimate of drug-likeness (QED) is 0.942. The van der Waals surface area contributed by atoms with Gasteiger partial charge in [-0.15, -0.1) is 11.3 Å². The molecule has 90 valence electrons. The van der Waals surface area contributed by atoms with Gasteiger partial charge in [-0.1, -0.05) is 0 Å². The Morgan fingerprint density at radius 3 is 2.88 bits per heavy atom. The first-order valence-corrected chi connectivity index (χ1v) is 6.81. The summed E-state index contributed by atoms with van der Waals surface area (Å²) in [4.78, 5) is 6.50. The van der Waals surface area contributed by atoms with Gasteiger partial charge in [0.2, 0.25) is 0 Å². The van der Waals surface area contributed by atoms with E-state index in [-0.39, 0.29) is 0 Å². The Morgan fingerprint density at radius 1 is 1.41 bits per heavy atom. The molecule has 0 radical (unpaired) electrons. The van der Waals surface area contributed by atoms with Crippen LogP contribution in [0.5, 0.6) is 5.75 Å². The van der Waals surface area contributed by atoms with Crippen molar-refractivity contribution in [3.63, 3.8) is 0 Å². The summed E-state index contributed by atoms with van der Waals surface area (Å²) in [7, 11) is 0. The van der Waals surface area contributed by atoms with E-state index >= 15 is 0 Å². The van der Waals surface area contributed by atoms with Crippen molar-refractivity contribution in [3.05, 3.63) is 44.3 Å². The molecule has 17 heavy (non-hydrogen) atoms. The van der Waals surface area contributed by atoms with Gasteiger partial charge in [-0.3, -0.25) is 4.98 Å². The van der Waals surface area contributed by atoms with Gasteiger partial charge in [0.25, 0.3) is 0 Å². The van der Waals surface area contributed by atoms with Crippen LogP contribution < -0.4 is 10.5 Å². The number of thiophene rings is 1. The SMILES string of the molecule is Cc1sc(CN)cc1COc1cncc(Br)c1. The maximum absolute atomic E-state index is 5.68. The van der Waals surface area contributed by atoms with E-state index in [9.17, 15) is 0 Å². The standard InChI is InChI=1S/C12H13BrN2OS/c1-8-9(2-12(4-14)17-8)7-16-11-3-10(13)5-15-6-11/h2-3,5-6H,4,7,14H2,1H3. The van der Waals surface area contributed by atoms with Crippen molar-refractivity contribution < 1.29 is 4.74 Å². The van der Waals surface area contributed by atoms with Crippen molar-refractivity contribution in [2.75, 3.05) is 0 Å². The maximum Gasteiger partial charge on any atom is 0.139 e. The van der Waals surface area contributed by atoms with Crippen LogP contribution in [0.1, 0.15) is 15.3 Å². The number of pyridine rings is 1. The average Bonchev–Trinajstić information content (AvgIpc) is 2.68. The van der Waals surface area contributed by atoms with E-state index in [1.165, 1.54) is 15.3 Å². The summed E-state index contributed by atoms with van der Waals surface area (Å²) in [6.07, 6.45) is 3.44. The van der Waals surface area contributed by atoms with Crippen LogP contribution in [0.3, 0.4) is 0 Å². The van der Waals surface area contributed by atoms with Crippen LogP contribution in [0.2, 0.25) is 0 Å². The van der Waals surface area contributed by atoms with Crippen molar-refractivity contribution in [3.8, 4) is 5.75 Å². The number of aryl methyl sites for hydroxylation is 1. The molecule has 2 N–H and O–H groups in total. The van der Waals surface area contributed by atoms with Gasteiger partial charge in [0.1, 0.15) is 12.4 Å². The van der Waals surface area contributed by atoms with Crippen molar-refractivity contribution >= 4 is 27.3 Å². The van der Waals surface area contributed by atoms with E-state index in [1.807, 2.05) is 6.07 Å². The van der Waals surface area contributed by atoms with Gasteiger partial charge >= 0.3 is 0 Å². The number of hydrogen-bond donors (Lipinski definition) is 1. The lowest BCUT2D eigenvalue weighted by atomic mass is 10.2. The van der Waals surface area contributed by atoms with Crippen LogP contribution >= 0.6 is 27.3 Å². The van der Waals surface area contributed by atoms with Crippen LogP contribution in [0.25, 0.3) is 0 Å². The van der Waals surface area contributed by atoms with E-state index < -0.39 is 0 Å². The van der Waals surface area contributed by atoms with Gasteiger partial charge in [0.15, 0.2) is 0 Å². The fourth-order valence-corrected chi connectivity index (χ4v) is 2.73. The van der Waals surface area contributed by atoms with Crippen LogP contribution in [0.15, 0.2) is 29.0 Å². The molecule has 0 unspecified atom stereocenters. The normalized spacial score (nSPS) is 10.5. The predicted octanol–water partition coefficient (Wildman–Crippen LogP) is 3.25. The van der Waals surface area contributed by atoms with Gasteiger partial charge in [-0.25, -0.2) is 0 Å². The monoisotopic (exact) mass is 312 g/mol. The van der Waals surface area contributed by atoms with E-state index in [4.69, 9.17) is 10.5 Å². The van der Waals surface area contributed by atoms with E-state index in [0.29, 0.717) is 13.2 Å². The molecule has 0 fully saturated rings. The van der Waals surface area contributed by atoms with Gasteiger partial charge in [0.05, 0.1) is 6.20 Å².